The summed E-state index contributed by atoms with van der Waals surface area (Å²) in [6.07, 6.45) is 1.94. The molecule has 0 saturated carbocycles. The predicted octanol–water partition coefficient (Wildman–Crippen LogP) is 5.03. The van der Waals surface area contributed by atoms with Gasteiger partial charge in [-0.15, -0.1) is 0 Å². The van der Waals surface area contributed by atoms with Gasteiger partial charge >= 0.3 is 6.03 Å². The first-order valence-electron chi connectivity index (χ1n) is 8.59. The minimum atomic E-state index is -0.157. The van der Waals surface area contributed by atoms with E-state index in [9.17, 15) is 4.79 Å². The van der Waals surface area contributed by atoms with Crippen LogP contribution in [-0.2, 0) is 0 Å². The van der Waals surface area contributed by atoms with Crippen molar-refractivity contribution in [3.8, 4) is 11.5 Å². The topological polar surface area (TPSA) is 50.8 Å². The molecule has 26 heavy (non-hydrogen) atoms. The number of rotatable bonds is 4. The molecule has 1 aliphatic heterocycles. The second kappa shape index (κ2) is 7.87. The summed E-state index contributed by atoms with van der Waals surface area (Å²) in [7, 11) is 3.08. The lowest BCUT2D eigenvalue weighted by Crippen LogP contribution is -2.34. The average Bonchev–Trinajstić information content (AvgIpc) is 3.12. The number of nitrogens with one attached hydrogen (secondary N) is 1. The number of methoxy groups -OCH3 is 2. The lowest BCUT2D eigenvalue weighted by molar-refractivity contribution is 0.207. The molecular weight excluding hydrogens is 352 g/mol. The number of amides is 2. The average molecular weight is 375 g/mol. The van der Waals surface area contributed by atoms with E-state index in [4.69, 9.17) is 21.1 Å². The lowest BCUT2D eigenvalue weighted by Gasteiger charge is -2.27. The molecule has 0 unspecified atom stereocenters. The first-order valence-corrected chi connectivity index (χ1v) is 8.97. The van der Waals surface area contributed by atoms with E-state index in [1.165, 1.54) is 18.2 Å². The highest BCUT2D eigenvalue weighted by atomic mass is 35.5. The Bertz CT molecular complexity index is 810. The van der Waals surface area contributed by atoms with Gasteiger partial charge in [-0.25, -0.2) is 4.79 Å². The van der Waals surface area contributed by atoms with E-state index >= 15 is 0 Å². The Hall–Kier alpha value is -2.40. The number of benzene rings is 2. The fourth-order valence-electron chi connectivity index (χ4n) is 3.44. The standard InChI is InChI=1S/C20H23ClN2O3/c1-13-7-4-5-8-14(13)17-9-6-10-23(17)20(24)22-16-11-15(21)18(25-2)12-19(16)26-3/h4-5,7-8,11-12,17H,6,9-10H2,1-3H3,(H,22,24)/t17-/m1/s1. The number of carbonyl (C=O) groups excluding carboxylic acids is 1. The molecule has 0 aromatic heterocycles. The molecule has 5 nitrogen and oxygen atoms in total. The van der Waals surface area contributed by atoms with Gasteiger partial charge in [0.1, 0.15) is 11.5 Å². The van der Waals surface area contributed by atoms with E-state index in [2.05, 4.69) is 24.4 Å². The number of halogens is 1. The van der Waals surface area contributed by atoms with Crippen LogP contribution in [0.3, 0.4) is 0 Å². The normalized spacial score (nSPS) is 16.5. The van der Waals surface area contributed by atoms with Crippen molar-refractivity contribution >= 4 is 23.3 Å². The molecule has 1 N–H and O–H groups in total. The molecule has 3 rings (SSSR count). The third-order valence-corrected chi connectivity index (χ3v) is 5.07. The van der Waals surface area contributed by atoms with E-state index in [1.807, 2.05) is 17.0 Å². The van der Waals surface area contributed by atoms with Crippen molar-refractivity contribution in [2.45, 2.75) is 25.8 Å². The van der Waals surface area contributed by atoms with Crippen molar-refractivity contribution in [2.75, 3.05) is 26.1 Å². The van der Waals surface area contributed by atoms with Crippen LogP contribution >= 0.6 is 11.6 Å². The first kappa shape index (κ1) is 18.4. The summed E-state index contributed by atoms with van der Waals surface area (Å²) < 4.78 is 10.6. The SMILES string of the molecule is COc1cc(OC)c(NC(=O)N2CCC[C@@H]2c2ccccc2C)cc1Cl. The molecular formula is C20H23ClN2O3. The van der Waals surface area contributed by atoms with Crippen LogP contribution in [0.1, 0.15) is 30.0 Å². The monoisotopic (exact) mass is 374 g/mol. The number of carbonyl (C=O) groups is 1. The minimum absolute atomic E-state index is 0.0796. The fraction of sp³-hybridized carbons (Fsp3) is 0.350. The molecule has 0 spiro atoms. The molecule has 6 heteroatoms. The van der Waals surface area contributed by atoms with Crippen LogP contribution in [0.4, 0.5) is 10.5 Å². The Kier molecular flexibility index (Phi) is 5.57. The number of hydrogen-bond acceptors (Lipinski definition) is 3. The zero-order valence-electron chi connectivity index (χ0n) is 15.2. The molecule has 1 heterocycles. The van der Waals surface area contributed by atoms with Gasteiger partial charge in [-0.05, 0) is 37.0 Å². The lowest BCUT2D eigenvalue weighted by atomic mass is 9.99. The second-order valence-corrected chi connectivity index (χ2v) is 6.73. The molecule has 2 aromatic rings. The van der Waals surface area contributed by atoms with Gasteiger partial charge in [-0.1, -0.05) is 35.9 Å². The summed E-state index contributed by atoms with van der Waals surface area (Å²) in [5, 5.41) is 3.35. The highest BCUT2D eigenvalue weighted by Gasteiger charge is 2.31. The van der Waals surface area contributed by atoms with Crippen molar-refractivity contribution in [3.05, 3.63) is 52.5 Å². The number of urea groups is 1. The Labute approximate surface area is 158 Å². The number of nitrogens with zero attached hydrogens (tertiary/aromatic N) is 1. The number of likely N-dealkylation sites (tertiary alicyclic amines) is 1. The molecule has 2 amide bonds. The van der Waals surface area contributed by atoms with Crippen LogP contribution in [0.15, 0.2) is 36.4 Å². The van der Waals surface area contributed by atoms with Crippen LogP contribution in [0.25, 0.3) is 0 Å². The van der Waals surface area contributed by atoms with Crippen molar-refractivity contribution < 1.29 is 14.3 Å². The zero-order valence-corrected chi connectivity index (χ0v) is 16.0. The van der Waals surface area contributed by atoms with E-state index < -0.39 is 0 Å². The molecule has 0 radical (unpaired) electrons. The third-order valence-electron chi connectivity index (χ3n) is 4.78. The van der Waals surface area contributed by atoms with Gasteiger partial charge in [0.25, 0.3) is 0 Å². The summed E-state index contributed by atoms with van der Waals surface area (Å²) in [4.78, 5) is 14.8. The van der Waals surface area contributed by atoms with E-state index in [0.29, 0.717) is 22.2 Å². The van der Waals surface area contributed by atoms with E-state index in [1.54, 1.807) is 19.2 Å². The number of anilines is 1. The highest BCUT2D eigenvalue weighted by Crippen LogP contribution is 2.38. The Morgan fingerprint density at radius 1 is 1.19 bits per heavy atom. The highest BCUT2D eigenvalue weighted by molar-refractivity contribution is 6.32. The molecule has 0 aliphatic carbocycles. The van der Waals surface area contributed by atoms with Crippen LogP contribution in [0.5, 0.6) is 11.5 Å². The van der Waals surface area contributed by atoms with E-state index in [-0.39, 0.29) is 12.1 Å². The van der Waals surface area contributed by atoms with Crippen molar-refractivity contribution in [1.29, 1.82) is 0 Å². The third kappa shape index (κ3) is 3.58. The van der Waals surface area contributed by atoms with Gasteiger partial charge in [0.05, 0.1) is 31.0 Å². The molecule has 1 fully saturated rings. The van der Waals surface area contributed by atoms with Gasteiger partial charge in [-0.2, -0.15) is 0 Å². The van der Waals surface area contributed by atoms with Crippen LogP contribution < -0.4 is 14.8 Å². The van der Waals surface area contributed by atoms with Gasteiger partial charge in [0, 0.05) is 12.6 Å². The molecule has 1 saturated heterocycles. The molecule has 1 aliphatic rings. The summed E-state index contributed by atoms with van der Waals surface area (Å²) in [5.74, 6) is 1.01. The van der Waals surface area contributed by atoms with Gasteiger partial charge < -0.3 is 19.7 Å². The fourth-order valence-corrected chi connectivity index (χ4v) is 3.68. The second-order valence-electron chi connectivity index (χ2n) is 6.33. The summed E-state index contributed by atoms with van der Waals surface area (Å²) in [6, 6.07) is 11.4. The Morgan fingerprint density at radius 3 is 2.62 bits per heavy atom. The zero-order chi connectivity index (χ0) is 18.7. The smallest absolute Gasteiger partial charge is 0.322 e. The summed E-state index contributed by atoms with van der Waals surface area (Å²) in [6.45, 7) is 2.80. The van der Waals surface area contributed by atoms with E-state index in [0.717, 1.165) is 19.4 Å². The largest absolute Gasteiger partial charge is 0.495 e. The van der Waals surface area contributed by atoms with Gasteiger partial charge in [0.15, 0.2) is 0 Å². The van der Waals surface area contributed by atoms with Crippen molar-refractivity contribution in [2.24, 2.45) is 0 Å². The number of aryl methyl sites for hydroxylation is 1. The van der Waals surface area contributed by atoms with Crippen LogP contribution in [0, 0.1) is 6.92 Å². The Morgan fingerprint density at radius 2 is 1.92 bits per heavy atom. The van der Waals surface area contributed by atoms with Crippen LogP contribution in [0.2, 0.25) is 5.02 Å². The molecule has 138 valence electrons. The maximum atomic E-state index is 12.9. The maximum absolute atomic E-state index is 12.9. The summed E-state index contributed by atoms with van der Waals surface area (Å²) >= 11 is 6.20. The number of ether oxygens (including phenoxy) is 2. The Balaban J connectivity index is 1.84. The van der Waals surface area contributed by atoms with Crippen molar-refractivity contribution in [3.63, 3.8) is 0 Å². The minimum Gasteiger partial charge on any atom is -0.495 e. The molecule has 0 bridgehead atoms. The first-order chi connectivity index (χ1) is 12.5. The van der Waals surface area contributed by atoms with Gasteiger partial charge in [-0.3, -0.25) is 0 Å². The van der Waals surface area contributed by atoms with Crippen molar-refractivity contribution in [1.82, 2.24) is 4.90 Å². The molecule has 1 atom stereocenters. The molecule has 2 aromatic carbocycles. The predicted molar refractivity (Wildman–Crippen MR) is 103 cm³/mol. The quantitative estimate of drug-likeness (QED) is 0.816. The maximum Gasteiger partial charge on any atom is 0.322 e. The van der Waals surface area contributed by atoms with Gasteiger partial charge in [0.2, 0.25) is 0 Å². The number of hydrogen-bond donors (Lipinski definition) is 1. The summed E-state index contributed by atoms with van der Waals surface area (Å²) in [5.41, 5.74) is 2.92. The van der Waals surface area contributed by atoms with Crippen LogP contribution in [-0.4, -0.2) is 31.7 Å².